The molecule has 62 fully saturated rings. The van der Waals surface area contributed by atoms with Gasteiger partial charge in [0.05, 0.1) is 0 Å². The summed E-state index contributed by atoms with van der Waals surface area (Å²) in [5, 5.41) is 0. The summed E-state index contributed by atoms with van der Waals surface area (Å²) in [5.41, 5.74) is 44.8. The Morgan fingerprint density at radius 3 is 0.992 bits per heavy atom. The van der Waals surface area contributed by atoms with Gasteiger partial charge in [0.1, 0.15) is 0 Å². The van der Waals surface area contributed by atoms with Crippen LogP contribution in [0, 0.1) is 475 Å². The van der Waals surface area contributed by atoms with Gasteiger partial charge < -0.3 is 0 Å². The van der Waals surface area contributed by atoms with E-state index in [0.717, 1.165) is 224 Å². The Labute approximate surface area is 707 Å². The maximum Gasteiger partial charge on any atom is -0.0000614 e. The van der Waals surface area contributed by atoms with Crippen molar-refractivity contribution in [2.24, 2.45) is 405 Å². The summed E-state index contributed by atoms with van der Waals surface area (Å²) >= 11 is 0. The minimum absolute atomic E-state index is 0.455. The fraction of sp³-hybridized carbons (Fsp3) is 1.00. The molecule has 62 saturated carbocycles. The van der Waals surface area contributed by atoms with Gasteiger partial charge in [-0.1, -0.05) is 192 Å². The van der Waals surface area contributed by atoms with E-state index in [2.05, 4.69) is 166 Å². The molecule has 0 aromatic heterocycles. The Kier molecular flexibility index (Phi) is 3.99. The zero-order valence-corrected chi connectivity index (χ0v) is 76.6. The van der Waals surface area contributed by atoms with Crippen LogP contribution in [0.2, 0.25) is 0 Å². The van der Waals surface area contributed by atoms with Crippen molar-refractivity contribution in [3.63, 3.8) is 0 Å². The summed E-state index contributed by atoms with van der Waals surface area (Å²) in [5.74, 6) is 37.3. The molecule has 0 N–H and O–H groups in total. The van der Waals surface area contributed by atoms with Gasteiger partial charge in [0.2, 0.25) is 0 Å². The van der Waals surface area contributed by atoms with E-state index in [-0.39, 0.29) is 0 Å². The Hall–Kier alpha value is 0. The molecule has 83 unspecified atom stereocenters. The Bertz CT molecular complexity index is 7530. The molecular weight excluding hydrogens is 1440 g/mol. The third-order valence-corrected chi connectivity index (χ3v) is 92.8. The molecular formula is C120H124. The summed E-state index contributed by atoms with van der Waals surface area (Å²) in [6, 6.07) is 0. The van der Waals surface area contributed by atoms with E-state index in [1.54, 1.807) is 44.9 Å². The second-order valence-electron chi connectivity index (χ2n) is 71.9. The lowest BCUT2D eigenvalue weighted by molar-refractivity contribution is -1.24. The molecule has 62 aliphatic rings. The zero-order valence-electron chi connectivity index (χ0n) is 76.6. The Balaban J connectivity index is 0.0000000708. The molecule has 604 valence electrons. The van der Waals surface area contributed by atoms with Crippen molar-refractivity contribution >= 4 is 0 Å². The van der Waals surface area contributed by atoms with Gasteiger partial charge >= 0.3 is 0 Å². The molecule has 0 heteroatoms. The molecule has 0 radical (unpaired) electrons. The molecule has 37 spiro atoms. The lowest BCUT2D eigenvalue weighted by Gasteiger charge is -3.68. The van der Waals surface area contributed by atoms with E-state index in [9.17, 15) is 0 Å². The Morgan fingerprint density at radius 2 is 0.500 bits per heavy atom. The minimum Gasteiger partial charge on any atom is -0.0616 e. The lowest BCUT2D eigenvalue weighted by Crippen LogP contribution is -3.68. The molecule has 0 heterocycles. The molecule has 83 atom stereocenters. The standard InChI is InChI=1S/C55H52.C41H44.C20H20.C4H8/c1-15-19-23-21-17-14-18-22-25-24-20-16(2)27(5)31(9)33(11)29(7)26(3,4)30(8)34(12)35(13)32(10)28(15,6)37(19)41(23)39(21)36(17,18)40(22)43(25)42(24)38(20,27)45(31)47(33)44(29,30)48(34)49(35)46(32,37)51(41)50(39,40)53(43)52(42,45)54(47,48)55(49,51)53;1-13-17-19-15-12-16-20-21-18-14(2)23(5)27(9)25(7)22(3,4)26(8)29(11)28(10)24(13,6)31(17)33(19)30(15,16)34(20)35(21)32(18,23)37(27)36(25,26)39(29)38(28,31)40(33,34)41(35,37)39;1-2-16-5-10-14-12-8-3-6-4-9-13-15-11(7(1)16)18(10,16)20(14,15)19(12,13)17(6,8)9;1-2-4-3-1/h15-25H,14H2,1-13H3;13-21H,12H2,1-11H3;6-15H,1-5H2;1-4H2. The van der Waals surface area contributed by atoms with Crippen LogP contribution in [0.15, 0.2) is 0 Å². The molecule has 0 saturated heterocycles. The van der Waals surface area contributed by atoms with Gasteiger partial charge in [-0.05, 0) is 520 Å². The number of fused-ring (bicyclic) bond motifs is 31. The van der Waals surface area contributed by atoms with Crippen LogP contribution in [-0.4, -0.2) is 0 Å². The summed E-state index contributed by atoms with van der Waals surface area (Å²) in [7, 11) is 0. The summed E-state index contributed by atoms with van der Waals surface area (Å²) in [4.78, 5) is 0. The van der Waals surface area contributed by atoms with Gasteiger partial charge in [0.15, 0.2) is 0 Å². The van der Waals surface area contributed by atoms with Gasteiger partial charge in [0.25, 0.3) is 0 Å². The van der Waals surface area contributed by atoms with E-state index in [1.165, 1.54) is 180 Å². The predicted molar refractivity (Wildman–Crippen MR) is 436 cm³/mol. The van der Waals surface area contributed by atoms with E-state index >= 15 is 0 Å². The van der Waals surface area contributed by atoms with Gasteiger partial charge in [-0.15, -0.1) is 0 Å². The monoisotopic (exact) mass is 1560 g/mol. The van der Waals surface area contributed by atoms with E-state index in [4.69, 9.17) is 0 Å². The third kappa shape index (κ3) is 1.44. The van der Waals surface area contributed by atoms with Crippen LogP contribution >= 0.6 is 0 Å². The molecule has 62 rings (SSSR count). The topological polar surface area (TPSA) is 0 Å². The normalized spacial score (nSPS) is 116. The number of hydrogen-bond donors (Lipinski definition) is 0. The molecule has 0 nitrogen and oxygen atoms in total. The van der Waals surface area contributed by atoms with Crippen molar-refractivity contribution < 1.29 is 0 Å². The quantitative estimate of drug-likeness (QED) is 0.227. The van der Waals surface area contributed by atoms with Crippen LogP contribution in [0.5, 0.6) is 0 Å². The summed E-state index contributed by atoms with van der Waals surface area (Å²) in [6.07, 6.45) is 18.1. The SMILES string of the molecule is C1CC23CC4C5C6C7CC8CC9C%10C%11C(C12)C43C5%11C6%10C879.C1CCC1.CC1C2C3C4C5C6CC7C8C9C%10C(C)C%11(C)C%12(C)C%13(C)C%14(C)C%15(C)C(C)(C)C%16(C)C%17(C)C%18(C)C1(C)C21C32C43C54C76C85C96C%10%11C%127C%138C%149C%16%15C%17%10C%181C21C32C54C67C82C%1091.CC1C2C3C4CC5C6C7C8C(C)C9(C)C%10(C)C%11(C)C(C)(C)C%12(C)C%13(C)C%14(C)C1(C)C21C32C45C63C74C89C%105C%11%12C%136C%141C23C456. The predicted octanol–water partition coefficient (Wildman–Crippen LogP) is 21.4. The van der Waals surface area contributed by atoms with Crippen LogP contribution in [0.4, 0.5) is 0 Å². The van der Waals surface area contributed by atoms with Crippen molar-refractivity contribution in [2.45, 2.75) is 237 Å². The first kappa shape index (κ1) is 53.6. The van der Waals surface area contributed by atoms with Crippen molar-refractivity contribution in [3.8, 4) is 0 Å². The van der Waals surface area contributed by atoms with Crippen molar-refractivity contribution in [2.75, 3.05) is 0 Å². The molecule has 0 amide bonds. The van der Waals surface area contributed by atoms with Gasteiger partial charge in [0, 0.05) is 0 Å². The number of rotatable bonds is 0. The molecule has 0 bridgehead atoms. The molecule has 62 aliphatic carbocycles. The highest BCUT2D eigenvalue weighted by atomic mass is 15.7. The Morgan fingerprint density at radius 1 is 0.192 bits per heavy atom. The molecule has 0 aromatic carbocycles. The second kappa shape index (κ2) is 8.92. The third-order valence-electron chi connectivity index (χ3n) is 92.8. The molecule has 0 aliphatic heterocycles. The van der Waals surface area contributed by atoms with Crippen LogP contribution in [-0.2, 0) is 0 Å². The second-order valence-corrected chi connectivity index (χ2v) is 71.9. The fourth-order valence-electron chi connectivity index (χ4n) is 108. The first-order chi connectivity index (χ1) is 56.9. The summed E-state index contributed by atoms with van der Waals surface area (Å²) in [6.45, 7) is 73.1. The van der Waals surface area contributed by atoms with Crippen molar-refractivity contribution in [1.29, 1.82) is 0 Å². The van der Waals surface area contributed by atoms with E-state index in [0.29, 0.717) is 97.5 Å². The average Bonchev–Trinajstić information content (AvgIpc) is 0.418. The average molecular weight is 1570 g/mol. The van der Waals surface area contributed by atoms with Gasteiger partial charge in [-0.3, -0.25) is 0 Å². The first-order valence-electron chi connectivity index (χ1n) is 56.9. The van der Waals surface area contributed by atoms with Crippen LogP contribution < -0.4 is 0 Å². The molecule has 0 aromatic rings. The van der Waals surface area contributed by atoms with E-state index < -0.39 is 0 Å². The van der Waals surface area contributed by atoms with Gasteiger partial charge in [-0.2, -0.15) is 0 Å². The smallest absolute Gasteiger partial charge is 0.0000614 e. The highest BCUT2D eigenvalue weighted by Crippen LogP contribution is 3.74. The largest absolute Gasteiger partial charge is 0.0616 e. The van der Waals surface area contributed by atoms with Crippen molar-refractivity contribution in [1.82, 2.24) is 0 Å². The highest BCUT2D eigenvalue weighted by molar-refractivity contribution is 6.68. The minimum atomic E-state index is 0.455. The lowest BCUT2D eigenvalue weighted by atomic mass is 8.33. The maximum absolute atomic E-state index is 3.24. The van der Waals surface area contributed by atoms with Crippen LogP contribution in [0.1, 0.15) is 237 Å². The maximum atomic E-state index is 3.24. The fourth-order valence-corrected chi connectivity index (χ4v) is 108. The first-order valence-corrected chi connectivity index (χ1v) is 56.9. The van der Waals surface area contributed by atoms with Crippen molar-refractivity contribution in [3.05, 3.63) is 70.4 Å². The van der Waals surface area contributed by atoms with Crippen LogP contribution in [0.25, 0.3) is 0 Å². The van der Waals surface area contributed by atoms with Gasteiger partial charge in [-0.25, -0.2) is 0 Å². The highest BCUT2D eigenvalue weighted by Gasteiger charge is 3.72. The summed E-state index contributed by atoms with van der Waals surface area (Å²) < 4.78 is 0. The van der Waals surface area contributed by atoms with Crippen LogP contribution in [0.3, 0.4) is 0 Å². The molecule has 120 heavy (non-hydrogen) atoms. The number of hydrogen-bond acceptors (Lipinski definition) is 0. The zero-order chi connectivity index (χ0) is 76.6. The van der Waals surface area contributed by atoms with E-state index in [1.807, 2.05) is 0 Å².